The molecule has 108 valence electrons. The van der Waals surface area contributed by atoms with Crippen LogP contribution in [0.2, 0.25) is 0 Å². The Bertz CT molecular complexity index is 538. The summed E-state index contributed by atoms with van der Waals surface area (Å²) in [6, 6.07) is 5.90. The van der Waals surface area contributed by atoms with Crippen molar-refractivity contribution in [1.82, 2.24) is 5.32 Å². The Morgan fingerprint density at radius 3 is 2.75 bits per heavy atom. The van der Waals surface area contributed by atoms with Crippen LogP contribution in [0.4, 0.5) is 0 Å². The summed E-state index contributed by atoms with van der Waals surface area (Å²) in [6.45, 7) is 6.39. The summed E-state index contributed by atoms with van der Waals surface area (Å²) in [5.74, 6) is -0.370. The van der Waals surface area contributed by atoms with Crippen LogP contribution in [0.5, 0.6) is 0 Å². The lowest BCUT2D eigenvalue weighted by atomic mass is 9.87. The number of rotatable bonds is 6. The predicted molar refractivity (Wildman–Crippen MR) is 77.3 cm³/mol. The Hall–Kier alpha value is -2.04. The van der Waals surface area contributed by atoms with Crippen LogP contribution in [-0.4, -0.2) is 26.2 Å². The maximum Gasteiger partial charge on any atom is 0.330 e. The molecule has 0 saturated heterocycles. The van der Waals surface area contributed by atoms with Crippen molar-refractivity contribution in [2.45, 2.75) is 26.3 Å². The van der Waals surface area contributed by atoms with Crippen molar-refractivity contribution in [2.24, 2.45) is 5.11 Å². The lowest BCUT2D eigenvalue weighted by molar-refractivity contribution is -0.148. The van der Waals surface area contributed by atoms with E-state index in [1.54, 1.807) is 6.92 Å². The number of nitrogens with zero attached hydrogens (tertiary/aromatic N) is 3. The number of carbonyl (C=O) groups excluding carboxylic acids is 1. The normalized spacial score (nSPS) is 13.2. The lowest BCUT2D eigenvalue weighted by Gasteiger charge is -2.30. The van der Waals surface area contributed by atoms with Crippen LogP contribution in [0.1, 0.15) is 23.6 Å². The van der Waals surface area contributed by atoms with E-state index in [1.807, 2.05) is 32.0 Å². The monoisotopic (exact) mass is 276 g/mol. The molecule has 1 atom stereocenters. The molecule has 0 aliphatic heterocycles. The van der Waals surface area contributed by atoms with E-state index in [0.717, 1.165) is 16.7 Å². The van der Waals surface area contributed by atoms with Gasteiger partial charge in [0.2, 0.25) is 0 Å². The van der Waals surface area contributed by atoms with E-state index in [2.05, 4.69) is 15.3 Å². The fourth-order valence-electron chi connectivity index (χ4n) is 2.26. The van der Waals surface area contributed by atoms with Crippen LogP contribution in [0.15, 0.2) is 23.3 Å². The standard InChI is InChI=1S/C14H20N4O2/c1-10-5-6-12(11(2)9-10)14(3,13(19)20-4)16-7-8-17-18-15/h5-6,9,16H,7-8H2,1-4H3. The van der Waals surface area contributed by atoms with Crippen molar-refractivity contribution in [3.63, 3.8) is 0 Å². The van der Waals surface area contributed by atoms with Gasteiger partial charge in [-0.1, -0.05) is 28.9 Å². The summed E-state index contributed by atoms with van der Waals surface area (Å²) in [6.07, 6.45) is 0. The van der Waals surface area contributed by atoms with E-state index in [4.69, 9.17) is 10.3 Å². The van der Waals surface area contributed by atoms with Gasteiger partial charge in [-0.25, -0.2) is 4.79 Å². The van der Waals surface area contributed by atoms with Gasteiger partial charge in [0.25, 0.3) is 0 Å². The first kappa shape index (κ1) is 16.0. The van der Waals surface area contributed by atoms with Crippen LogP contribution >= 0.6 is 0 Å². The molecule has 0 amide bonds. The quantitative estimate of drug-likeness (QED) is 0.285. The van der Waals surface area contributed by atoms with Gasteiger partial charge in [0.1, 0.15) is 5.54 Å². The van der Waals surface area contributed by atoms with E-state index < -0.39 is 5.54 Å². The number of benzene rings is 1. The molecule has 0 heterocycles. The van der Waals surface area contributed by atoms with Gasteiger partial charge in [0, 0.05) is 18.0 Å². The molecule has 1 N–H and O–H groups in total. The molecule has 0 spiro atoms. The van der Waals surface area contributed by atoms with Crippen LogP contribution in [0, 0.1) is 13.8 Å². The van der Waals surface area contributed by atoms with Gasteiger partial charge in [0.15, 0.2) is 0 Å². The number of ether oxygens (including phenoxy) is 1. The highest BCUT2D eigenvalue weighted by Gasteiger charge is 2.36. The molecular formula is C14H20N4O2. The van der Waals surface area contributed by atoms with E-state index in [-0.39, 0.29) is 12.5 Å². The average molecular weight is 276 g/mol. The Morgan fingerprint density at radius 2 is 2.20 bits per heavy atom. The lowest BCUT2D eigenvalue weighted by Crippen LogP contribution is -2.48. The number of esters is 1. The molecule has 0 bridgehead atoms. The molecule has 0 fully saturated rings. The zero-order valence-electron chi connectivity index (χ0n) is 12.3. The maximum atomic E-state index is 12.1. The zero-order chi connectivity index (χ0) is 15.2. The molecule has 6 heteroatoms. The van der Waals surface area contributed by atoms with Crippen molar-refractivity contribution in [1.29, 1.82) is 0 Å². The van der Waals surface area contributed by atoms with Gasteiger partial charge >= 0.3 is 5.97 Å². The highest BCUT2D eigenvalue weighted by molar-refractivity contribution is 5.82. The van der Waals surface area contributed by atoms with E-state index in [0.29, 0.717) is 6.54 Å². The van der Waals surface area contributed by atoms with Gasteiger partial charge in [-0.2, -0.15) is 0 Å². The first-order valence-corrected chi connectivity index (χ1v) is 6.37. The van der Waals surface area contributed by atoms with Crippen LogP contribution in [0.3, 0.4) is 0 Å². The highest BCUT2D eigenvalue weighted by Crippen LogP contribution is 2.26. The number of carbonyl (C=O) groups is 1. The third kappa shape index (κ3) is 3.50. The first-order valence-electron chi connectivity index (χ1n) is 6.37. The van der Waals surface area contributed by atoms with Gasteiger partial charge < -0.3 is 4.74 Å². The minimum Gasteiger partial charge on any atom is -0.467 e. The summed E-state index contributed by atoms with van der Waals surface area (Å²) in [7, 11) is 1.36. The SMILES string of the molecule is COC(=O)C(C)(NCCN=[N+]=[N-])c1ccc(C)cc1C. The molecule has 0 aliphatic rings. The Morgan fingerprint density at radius 1 is 1.50 bits per heavy atom. The molecular weight excluding hydrogens is 256 g/mol. The molecule has 1 rings (SSSR count). The molecule has 1 aromatic rings. The largest absolute Gasteiger partial charge is 0.467 e. The third-order valence-electron chi connectivity index (χ3n) is 3.27. The topological polar surface area (TPSA) is 87.1 Å². The van der Waals surface area contributed by atoms with Crippen molar-refractivity contribution in [3.05, 3.63) is 45.3 Å². The van der Waals surface area contributed by atoms with E-state index in [1.165, 1.54) is 7.11 Å². The second-order valence-electron chi connectivity index (χ2n) is 4.82. The fourth-order valence-corrected chi connectivity index (χ4v) is 2.26. The maximum absolute atomic E-state index is 12.1. The minimum absolute atomic E-state index is 0.272. The van der Waals surface area contributed by atoms with Crippen LogP contribution in [0.25, 0.3) is 10.4 Å². The Labute approximate surface area is 118 Å². The van der Waals surface area contributed by atoms with Gasteiger partial charge in [-0.15, -0.1) is 0 Å². The molecule has 0 aliphatic carbocycles. The van der Waals surface area contributed by atoms with Gasteiger partial charge in [-0.05, 0) is 37.4 Å². The molecule has 1 unspecified atom stereocenters. The first-order chi connectivity index (χ1) is 9.45. The van der Waals surface area contributed by atoms with Crippen molar-refractivity contribution < 1.29 is 9.53 Å². The molecule has 6 nitrogen and oxygen atoms in total. The summed E-state index contributed by atoms with van der Waals surface area (Å²) >= 11 is 0. The number of azide groups is 1. The summed E-state index contributed by atoms with van der Waals surface area (Å²) in [5.41, 5.74) is 10.3. The third-order valence-corrected chi connectivity index (χ3v) is 3.27. The van der Waals surface area contributed by atoms with Crippen molar-refractivity contribution in [2.75, 3.05) is 20.2 Å². The van der Waals surface area contributed by atoms with Gasteiger partial charge in [0.05, 0.1) is 7.11 Å². The summed E-state index contributed by atoms with van der Waals surface area (Å²) in [5, 5.41) is 6.57. The van der Waals surface area contributed by atoms with E-state index >= 15 is 0 Å². The Balaban J connectivity index is 3.09. The fraction of sp³-hybridized carbons (Fsp3) is 0.500. The molecule has 0 aromatic heterocycles. The number of aryl methyl sites for hydroxylation is 2. The zero-order valence-corrected chi connectivity index (χ0v) is 12.3. The highest BCUT2D eigenvalue weighted by atomic mass is 16.5. The predicted octanol–water partition coefficient (Wildman–Crippen LogP) is 2.59. The number of nitrogens with one attached hydrogen (secondary N) is 1. The average Bonchev–Trinajstić information content (AvgIpc) is 2.42. The number of hydrogen-bond donors (Lipinski definition) is 1. The molecule has 0 radical (unpaired) electrons. The molecule has 1 aromatic carbocycles. The smallest absolute Gasteiger partial charge is 0.330 e. The second kappa shape index (κ2) is 6.93. The minimum atomic E-state index is -0.961. The van der Waals surface area contributed by atoms with Crippen LogP contribution < -0.4 is 5.32 Å². The molecule has 20 heavy (non-hydrogen) atoms. The van der Waals surface area contributed by atoms with Crippen molar-refractivity contribution in [3.8, 4) is 0 Å². The summed E-state index contributed by atoms with van der Waals surface area (Å²) in [4.78, 5) is 14.8. The summed E-state index contributed by atoms with van der Waals surface area (Å²) < 4.78 is 4.91. The van der Waals surface area contributed by atoms with Crippen molar-refractivity contribution >= 4 is 5.97 Å². The molecule has 0 saturated carbocycles. The second-order valence-corrected chi connectivity index (χ2v) is 4.82. The van der Waals surface area contributed by atoms with Crippen LogP contribution in [-0.2, 0) is 15.1 Å². The number of methoxy groups -OCH3 is 1. The Kier molecular flexibility index (Phi) is 5.55. The van der Waals surface area contributed by atoms with E-state index in [9.17, 15) is 4.79 Å². The number of hydrogen-bond acceptors (Lipinski definition) is 4. The van der Waals surface area contributed by atoms with Gasteiger partial charge in [-0.3, -0.25) is 5.32 Å².